The monoisotopic (exact) mass is 183 g/mol. The predicted molar refractivity (Wildman–Crippen MR) is 47.1 cm³/mol. The van der Waals surface area contributed by atoms with E-state index in [-0.39, 0.29) is 5.15 Å². The van der Waals surface area contributed by atoms with Gasteiger partial charge in [-0.15, -0.1) is 0 Å². The molecule has 2 nitrogen and oxygen atoms in total. The fourth-order valence-corrected chi connectivity index (χ4v) is 1.96. The first kappa shape index (κ1) is 7.87. The number of fused-ring (bicyclic) bond motifs is 1. The lowest BCUT2D eigenvalue weighted by Crippen LogP contribution is -2.33. The minimum atomic E-state index is 0.280. The van der Waals surface area contributed by atoms with Gasteiger partial charge in [0.1, 0.15) is 0 Å². The number of nitrogens with zero attached hydrogens (tertiary/aromatic N) is 1. The number of aromatic nitrogens is 1. The van der Waals surface area contributed by atoms with E-state index >= 15 is 0 Å². The number of hydrogen-bond acceptors (Lipinski definition) is 1. The summed E-state index contributed by atoms with van der Waals surface area (Å²) < 4.78 is 0.856. The van der Waals surface area contributed by atoms with Crippen LogP contribution in [-0.2, 0) is 6.42 Å². The number of hydrogen-bond donors (Lipinski definition) is 0. The molecule has 1 atom stereocenters. The molecule has 0 saturated carbocycles. The summed E-state index contributed by atoms with van der Waals surface area (Å²) in [5.41, 5.74) is 2.02. The van der Waals surface area contributed by atoms with E-state index in [2.05, 4.69) is 6.92 Å². The van der Waals surface area contributed by atoms with Gasteiger partial charge in [0.25, 0.3) is 5.15 Å². The maximum absolute atomic E-state index is 11.5. The normalized spacial score (nSPS) is 21.0. The van der Waals surface area contributed by atoms with Crippen LogP contribution < -0.4 is 4.73 Å². The second-order valence-electron chi connectivity index (χ2n) is 3.30. The van der Waals surface area contributed by atoms with Crippen molar-refractivity contribution >= 4 is 11.6 Å². The van der Waals surface area contributed by atoms with E-state index in [1.807, 2.05) is 6.07 Å². The maximum atomic E-state index is 11.5. The van der Waals surface area contributed by atoms with Crippen molar-refractivity contribution in [2.75, 3.05) is 0 Å². The van der Waals surface area contributed by atoms with Crippen molar-refractivity contribution in [1.82, 2.24) is 0 Å². The Morgan fingerprint density at radius 1 is 1.58 bits per heavy atom. The molecule has 1 aliphatic rings. The van der Waals surface area contributed by atoms with Crippen LogP contribution in [0.25, 0.3) is 0 Å². The van der Waals surface area contributed by atoms with Crippen LogP contribution in [0.15, 0.2) is 12.1 Å². The maximum Gasteiger partial charge on any atom is 0.286 e. The zero-order valence-electron chi connectivity index (χ0n) is 6.88. The Morgan fingerprint density at radius 2 is 2.33 bits per heavy atom. The topological polar surface area (TPSA) is 26.9 Å². The van der Waals surface area contributed by atoms with Gasteiger partial charge in [-0.3, -0.25) is 0 Å². The lowest BCUT2D eigenvalue weighted by atomic mass is 10.1. The highest BCUT2D eigenvalue weighted by Crippen LogP contribution is 2.30. The second-order valence-corrected chi connectivity index (χ2v) is 3.69. The third kappa shape index (κ3) is 0.985. The summed E-state index contributed by atoms with van der Waals surface area (Å²) in [6.45, 7) is 2.07. The average molecular weight is 184 g/mol. The molecular weight excluding hydrogens is 174 g/mol. The third-order valence-electron chi connectivity index (χ3n) is 2.48. The Balaban J connectivity index is 2.63. The molecule has 0 N–H and O–H groups in total. The van der Waals surface area contributed by atoms with Crippen LogP contribution in [-0.4, -0.2) is 0 Å². The van der Waals surface area contributed by atoms with Crippen molar-refractivity contribution in [3.63, 3.8) is 0 Å². The van der Waals surface area contributed by atoms with E-state index in [1.54, 1.807) is 6.07 Å². The minimum Gasteiger partial charge on any atom is -0.617 e. The Kier molecular flexibility index (Phi) is 1.72. The van der Waals surface area contributed by atoms with Gasteiger partial charge in [0.15, 0.2) is 5.69 Å². The van der Waals surface area contributed by atoms with E-state index in [9.17, 15) is 5.21 Å². The van der Waals surface area contributed by atoms with Crippen molar-refractivity contribution < 1.29 is 4.73 Å². The predicted octanol–water partition coefficient (Wildman–Crippen LogP) is 2.02. The molecule has 0 spiro atoms. The van der Waals surface area contributed by atoms with Crippen LogP contribution in [0, 0.1) is 5.21 Å². The molecule has 0 aliphatic heterocycles. The molecule has 64 valence electrons. The van der Waals surface area contributed by atoms with Crippen molar-refractivity contribution in [3.8, 4) is 0 Å². The molecule has 1 aromatic heterocycles. The molecule has 1 heterocycles. The number of aryl methyl sites for hydroxylation is 1. The van der Waals surface area contributed by atoms with E-state index < -0.39 is 0 Å². The van der Waals surface area contributed by atoms with E-state index in [0.717, 1.165) is 28.8 Å². The molecule has 1 aliphatic carbocycles. The zero-order chi connectivity index (χ0) is 8.72. The standard InChI is InChI=1S/C9H10ClNO/c1-6-2-3-7-4-5-8(10)11(12)9(6)7/h4-6H,2-3H2,1H3. The molecule has 0 aromatic carbocycles. The molecule has 2 rings (SSSR count). The first-order valence-corrected chi connectivity index (χ1v) is 4.49. The van der Waals surface area contributed by atoms with Gasteiger partial charge in [-0.05, 0) is 30.5 Å². The van der Waals surface area contributed by atoms with Crippen LogP contribution in [0.2, 0.25) is 5.15 Å². The Labute approximate surface area is 76.4 Å². The quantitative estimate of drug-likeness (QED) is 0.344. The van der Waals surface area contributed by atoms with E-state index in [1.165, 1.54) is 0 Å². The summed E-state index contributed by atoms with van der Waals surface area (Å²) in [6, 6.07) is 3.63. The Morgan fingerprint density at radius 3 is 3.08 bits per heavy atom. The molecule has 1 aromatic rings. The number of halogens is 1. The Hall–Kier alpha value is -0.760. The van der Waals surface area contributed by atoms with Gasteiger partial charge in [0, 0.05) is 17.5 Å². The number of pyridine rings is 1. The van der Waals surface area contributed by atoms with E-state index in [0.29, 0.717) is 5.92 Å². The molecular formula is C9H10ClNO. The van der Waals surface area contributed by atoms with Crippen LogP contribution in [0.5, 0.6) is 0 Å². The molecule has 3 heteroatoms. The summed E-state index contributed by atoms with van der Waals surface area (Å²) in [7, 11) is 0. The smallest absolute Gasteiger partial charge is 0.286 e. The first-order chi connectivity index (χ1) is 5.70. The van der Waals surface area contributed by atoms with Gasteiger partial charge in [-0.25, -0.2) is 0 Å². The number of rotatable bonds is 0. The molecule has 0 saturated heterocycles. The Bertz CT molecular complexity index is 325. The van der Waals surface area contributed by atoms with Crippen LogP contribution in [0.1, 0.15) is 30.5 Å². The fraction of sp³-hybridized carbons (Fsp3) is 0.444. The lowest BCUT2D eigenvalue weighted by molar-refractivity contribution is -0.612. The van der Waals surface area contributed by atoms with E-state index in [4.69, 9.17) is 11.6 Å². The highest BCUT2D eigenvalue weighted by Gasteiger charge is 2.27. The molecule has 0 radical (unpaired) electrons. The SMILES string of the molecule is CC1CCc2ccc(Cl)[n+]([O-])c21. The molecule has 0 fully saturated rings. The summed E-state index contributed by atoms with van der Waals surface area (Å²) in [4.78, 5) is 0. The largest absolute Gasteiger partial charge is 0.617 e. The van der Waals surface area contributed by atoms with Crippen molar-refractivity contribution in [2.45, 2.75) is 25.7 Å². The molecule has 12 heavy (non-hydrogen) atoms. The van der Waals surface area contributed by atoms with Gasteiger partial charge >= 0.3 is 0 Å². The molecule has 0 amide bonds. The average Bonchev–Trinajstić information content (AvgIpc) is 2.41. The summed E-state index contributed by atoms with van der Waals surface area (Å²) in [6.07, 6.45) is 2.08. The summed E-state index contributed by atoms with van der Waals surface area (Å²) in [5, 5.41) is 11.7. The van der Waals surface area contributed by atoms with Gasteiger partial charge < -0.3 is 5.21 Å². The first-order valence-electron chi connectivity index (χ1n) is 4.11. The van der Waals surface area contributed by atoms with Gasteiger partial charge in [0.05, 0.1) is 0 Å². The van der Waals surface area contributed by atoms with Crippen LogP contribution in [0.3, 0.4) is 0 Å². The summed E-state index contributed by atoms with van der Waals surface area (Å²) >= 11 is 5.71. The molecule has 1 unspecified atom stereocenters. The highest BCUT2D eigenvalue weighted by molar-refractivity contribution is 6.28. The van der Waals surface area contributed by atoms with Gasteiger partial charge in [-0.2, -0.15) is 4.73 Å². The highest BCUT2D eigenvalue weighted by atomic mass is 35.5. The van der Waals surface area contributed by atoms with Gasteiger partial charge in [-0.1, -0.05) is 6.92 Å². The van der Waals surface area contributed by atoms with Gasteiger partial charge in [0.2, 0.25) is 0 Å². The third-order valence-corrected chi connectivity index (χ3v) is 2.76. The van der Waals surface area contributed by atoms with Crippen molar-refractivity contribution in [2.24, 2.45) is 0 Å². The summed E-state index contributed by atoms with van der Waals surface area (Å²) in [5.74, 6) is 0.358. The zero-order valence-corrected chi connectivity index (χ0v) is 7.64. The lowest BCUT2D eigenvalue weighted by Gasteiger charge is -2.06. The second kappa shape index (κ2) is 2.63. The fourth-order valence-electron chi connectivity index (χ4n) is 1.80. The molecule has 0 bridgehead atoms. The van der Waals surface area contributed by atoms with Crippen LogP contribution in [0.4, 0.5) is 0 Å². The van der Waals surface area contributed by atoms with Crippen LogP contribution >= 0.6 is 11.6 Å². The van der Waals surface area contributed by atoms with Crippen molar-refractivity contribution in [1.29, 1.82) is 0 Å². The van der Waals surface area contributed by atoms with Crippen molar-refractivity contribution in [3.05, 3.63) is 33.8 Å². The minimum absolute atomic E-state index is 0.280.